The molecule has 0 aliphatic rings. The molecule has 0 N–H and O–H groups in total. The van der Waals surface area contributed by atoms with E-state index in [2.05, 4.69) is 59.2 Å². The van der Waals surface area contributed by atoms with E-state index in [0.717, 1.165) is 0 Å². The Morgan fingerprint density at radius 3 is 1.67 bits per heavy atom. The van der Waals surface area contributed by atoms with Gasteiger partial charge in [0, 0.05) is 4.32 Å². The average molecular weight is 258 g/mol. The van der Waals surface area contributed by atoms with E-state index in [1.54, 1.807) is 4.99 Å². The normalized spacial score (nSPS) is 9.44. The molecule has 0 aliphatic carbocycles. The molecule has 0 saturated carbocycles. The van der Waals surface area contributed by atoms with E-state index in [4.69, 9.17) is 0 Å². The number of hydrogen-bond donors (Lipinski definition) is 0. The van der Waals surface area contributed by atoms with Crippen LogP contribution in [0.3, 0.4) is 0 Å². The maximum Gasteiger partial charge on any atom is 0.0199 e. The van der Waals surface area contributed by atoms with Gasteiger partial charge < -0.3 is 0 Å². The smallest absolute Gasteiger partial charge is 0.0199 e. The van der Waals surface area contributed by atoms with Gasteiger partial charge in [0.2, 0.25) is 0 Å². The SMILES string of the molecule is C=CBr.CCC(C)(C)Br. The van der Waals surface area contributed by atoms with E-state index in [1.807, 2.05) is 0 Å². The molecular weight excluding hydrogens is 244 g/mol. The van der Waals surface area contributed by atoms with E-state index in [-0.39, 0.29) is 0 Å². The van der Waals surface area contributed by atoms with Crippen LogP contribution in [-0.2, 0) is 0 Å². The van der Waals surface area contributed by atoms with Crippen molar-refractivity contribution in [2.45, 2.75) is 31.5 Å². The van der Waals surface area contributed by atoms with Crippen molar-refractivity contribution in [1.29, 1.82) is 0 Å². The van der Waals surface area contributed by atoms with E-state index in [0.29, 0.717) is 4.32 Å². The highest BCUT2D eigenvalue weighted by Gasteiger charge is 2.06. The molecule has 0 nitrogen and oxygen atoms in total. The second-order valence-electron chi connectivity index (χ2n) is 2.23. The van der Waals surface area contributed by atoms with Crippen molar-refractivity contribution in [2.24, 2.45) is 0 Å². The fraction of sp³-hybridized carbons (Fsp3) is 0.714. The minimum absolute atomic E-state index is 0.354. The molecule has 2 heteroatoms. The summed E-state index contributed by atoms with van der Waals surface area (Å²) in [4.78, 5) is 1.56. The van der Waals surface area contributed by atoms with Crippen LogP contribution in [0.15, 0.2) is 11.6 Å². The lowest BCUT2D eigenvalue weighted by atomic mass is 10.2. The zero-order valence-electron chi connectivity index (χ0n) is 6.25. The zero-order valence-corrected chi connectivity index (χ0v) is 9.42. The number of halogens is 2. The molecule has 0 bridgehead atoms. The minimum atomic E-state index is 0.354. The van der Waals surface area contributed by atoms with Crippen LogP contribution < -0.4 is 0 Å². The predicted molar refractivity (Wildman–Crippen MR) is 52.4 cm³/mol. The highest BCUT2D eigenvalue weighted by Crippen LogP contribution is 2.18. The Morgan fingerprint density at radius 1 is 1.56 bits per heavy atom. The fourth-order valence-electron chi connectivity index (χ4n) is 0. The van der Waals surface area contributed by atoms with Crippen LogP contribution in [0.25, 0.3) is 0 Å². The third kappa shape index (κ3) is 28.5. The summed E-state index contributed by atoms with van der Waals surface area (Å²) in [6.45, 7) is 9.76. The summed E-state index contributed by atoms with van der Waals surface area (Å²) in [6, 6.07) is 0. The number of hydrogen-bond acceptors (Lipinski definition) is 0. The topological polar surface area (TPSA) is 0 Å². The predicted octanol–water partition coefficient (Wildman–Crippen LogP) is 4.09. The molecule has 0 amide bonds. The summed E-state index contributed by atoms with van der Waals surface area (Å²) in [5.41, 5.74) is 0. The van der Waals surface area contributed by atoms with Crippen molar-refractivity contribution in [3.05, 3.63) is 11.6 Å². The van der Waals surface area contributed by atoms with Gasteiger partial charge in [-0.3, -0.25) is 0 Å². The molecular formula is C7H14Br2. The van der Waals surface area contributed by atoms with Gasteiger partial charge in [0.1, 0.15) is 0 Å². The average Bonchev–Trinajstić information content (AvgIpc) is 1.67. The lowest BCUT2D eigenvalue weighted by molar-refractivity contribution is 0.701. The van der Waals surface area contributed by atoms with Crippen molar-refractivity contribution in [3.8, 4) is 0 Å². The highest BCUT2D eigenvalue weighted by molar-refractivity contribution is 9.11. The molecule has 0 rings (SSSR count). The lowest BCUT2D eigenvalue weighted by Gasteiger charge is -2.09. The van der Waals surface area contributed by atoms with Gasteiger partial charge in [-0.1, -0.05) is 59.2 Å². The van der Waals surface area contributed by atoms with Crippen molar-refractivity contribution >= 4 is 31.9 Å². The van der Waals surface area contributed by atoms with Gasteiger partial charge in [0.25, 0.3) is 0 Å². The molecule has 0 aromatic carbocycles. The Morgan fingerprint density at radius 2 is 1.67 bits per heavy atom. The van der Waals surface area contributed by atoms with Gasteiger partial charge in [-0.25, -0.2) is 0 Å². The first-order valence-corrected chi connectivity index (χ1v) is 4.58. The molecule has 0 unspecified atom stereocenters. The summed E-state index contributed by atoms with van der Waals surface area (Å²) in [5.74, 6) is 0. The van der Waals surface area contributed by atoms with Gasteiger partial charge in [-0.15, -0.1) is 0 Å². The monoisotopic (exact) mass is 256 g/mol. The molecule has 9 heavy (non-hydrogen) atoms. The third-order valence-electron chi connectivity index (χ3n) is 0.841. The van der Waals surface area contributed by atoms with Crippen LogP contribution in [0.5, 0.6) is 0 Å². The Labute approximate surface area is 75.0 Å². The second kappa shape index (κ2) is 6.81. The standard InChI is InChI=1S/C5H11Br.C2H3Br/c1-4-5(2,3)6;1-2-3/h4H2,1-3H3;2H,1H2. The van der Waals surface area contributed by atoms with Crippen LogP contribution >= 0.6 is 31.9 Å². The largest absolute Gasteiger partial charge is 0.0921 e. The first-order valence-electron chi connectivity index (χ1n) is 2.88. The lowest BCUT2D eigenvalue weighted by Crippen LogP contribution is -2.04. The molecule has 0 spiro atoms. The van der Waals surface area contributed by atoms with Crippen molar-refractivity contribution in [2.75, 3.05) is 0 Å². The zero-order chi connectivity index (χ0) is 7.91. The number of rotatable bonds is 1. The second-order valence-corrected chi connectivity index (χ2v) is 5.02. The molecule has 0 saturated heterocycles. The summed E-state index contributed by atoms with van der Waals surface area (Å²) in [7, 11) is 0. The van der Waals surface area contributed by atoms with Gasteiger partial charge in [0.15, 0.2) is 0 Å². The number of alkyl halides is 1. The molecule has 0 atom stereocenters. The Balaban J connectivity index is 0. The van der Waals surface area contributed by atoms with Gasteiger partial charge >= 0.3 is 0 Å². The van der Waals surface area contributed by atoms with E-state index >= 15 is 0 Å². The molecule has 0 fully saturated rings. The van der Waals surface area contributed by atoms with E-state index in [9.17, 15) is 0 Å². The van der Waals surface area contributed by atoms with Crippen LogP contribution in [0.2, 0.25) is 0 Å². The van der Waals surface area contributed by atoms with E-state index < -0.39 is 0 Å². The van der Waals surface area contributed by atoms with Crippen molar-refractivity contribution < 1.29 is 0 Å². The first kappa shape index (κ1) is 12.4. The first-order chi connectivity index (χ1) is 3.97. The quantitative estimate of drug-likeness (QED) is 0.621. The maximum absolute atomic E-state index is 3.48. The summed E-state index contributed by atoms with van der Waals surface area (Å²) in [5, 5.41) is 0. The van der Waals surface area contributed by atoms with E-state index in [1.165, 1.54) is 6.42 Å². The van der Waals surface area contributed by atoms with Crippen LogP contribution in [-0.4, -0.2) is 4.32 Å². The molecule has 0 heterocycles. The Kier molecular flexibility index (Phi) is 9.38. The fourth-order valence-corrected chi connectivity index (χ4v) is 0. The summed E-state index contributed by atoms with van der Waals surface area (Å²) in [6.07, 6.45) is 1.19. The highest BCUT2D eigenvalue weighted by atomic mass is 79.9. The third-order valence-corrected chi connectivity index (χ3v) is 1.40. The molecule has 0 radical (unpaired) electrons. The van der Waals surface area contributed by atoms with Gasteiger partial charge in [-0.2, -0.15) is 0 Å². The summed E-state index contributed by atoms with van der Waals surface area (Å²) < 4.78 is 0.354. The van der Waals surface area contributed by atoms with Crippen LogP contribution in [0.1, 0.15) is 27.2 Å². The van der Waals surface area contributed by atoms with Gasteiger partial charge in [0.05, 0.1) is 0 Å². The molecule has 0 aromatic heterocycles. The van der Waals surface area contributed by atoms with Gasteiger partial charge in [-0.05, 0) is 11.4 Å². The van der Waals surface area contributed by atoms with Crippen molar-refractivity contribution in [1.82, 2.24) is 0 Å². The maximum atomic E-state index is 3.48. The van der Waals surface area contributed by atoms with Crippen LogP contribution in [0.4, 0.5) is 0 Å². The molecule has 0 aromatic rings. The Hall–Kier alpha value is 0.700. The molecule has 0 aliphatic heterocycles. The Bertz CT molecular complexity index is 61.8. The summed E-state index contributed by atoms with van der Waals surface area (Å²) >= 11 is 6.39. The van der Waals surface area contributed by atoms with Crippen LogP contribution in [0, 0.1) is 0 Å². The molecule has 56 valence electrons. The van der Waals surface area contributed by atoms with Crippen molar-refractivity contribution in [3.63, 3.8) is 0 Å². The minimum Gasteiger partial charge on any atom is -0.0921 e.